The highest BCUT2D eigenvalue weighted by Gasteiger charge is 2.24. The second kappa shape index (κ2) is 8.15. The Hall–Kier alpha value is -2.66. The quantitative estimate of drug-likeness (QED) is 0.595. The molecule has 0 aliphatic heterocycles. The van der Waals surface area contributed by atoms with Gasteiger partial charge >= 0.3 is 0 Å². The Morgan fingerprint density at radius 2 is 1.73 bits per heavy atom. The van der Waals surface area contributed by atoms with E-state index in [-0.39, 0.29) is 5.91 Å². The van der Waals surface area contributed by atoms with Crippen LogP contribution in [0, 0.1) is 6.92 Å². The fraction of sp³-hybridized carbons (Fsp3) is 0.250. The summed E-state index contributed by atoms with van der Waals surface area (Å²) in [6.07, 6.45) is 2.50. The maximum absolute atomic E-state index is 13.0. The van der Waals surface area contributed by atoms with Crippen LogP contribution in [0.1, 0.15) is 24.0 Å². The molecule has 2 aromatic heterocycles. The Kier molecular flexibility index (Phi) is 5.68. The number of halogens is 1. The number of nitrogens with zero attached hydrogens (tertiary/aromatic N) is 1. The number of ether oxygens (including phenoxy) is 1. The summed E-state index contributed by atoms with van der Waals surface area (Å²) in [4.78, 5) is 14.6. The van der Waals surface area contributed by atoms with Crippen molar-refractivity contribution in [3.8, 4) is 5.75 Å². The predicted molar refractivity (Wildman–Crippen MR) is 97.9 cm³/mol. The van der Waals surface area contributed by atoms with Crippen molar-refractivity contribution >= 4 is 17.5 Å². The summed E-state index contributed by atoms with van der Waals surface area (Å²) >= 11 is 5.97. The minimum absolute atomic E-state index is 0.160. The van der Waals surface area contributed by atoms with Crippen molar-refractivity contribution in [2.75, 3.05) is 0 Å². The molecule has 6 heteroatoms. The van der Waals surface area contributed by atoms with Gasteiger partial charge in [-0.05, 0) is 61.9 Å². The average Bonchev–Trinajstić information content (AvgIpc) is 3.30. The number of carbonyl (C=O) groups excluding carboxylic acids is 1. The first-order valence-corrected chi connectivity index (χ1v) is 8.67. The first-order valence-electron chi connectivity index (χ1n) is 8.29. The van der Waals surface area contributed by atoms with Gasteiger partial charge in [0.15, 0.2) is 6.10 Å². The van der Waals surface area contributed by atoms with Gasteiger partial charge in [-0.3, -0.25) is 4.79 Å². The molecule has 26 heavy (non-hydrogen) atoms. The van der Waals surface area contributed by atoms with Crippen LogP contribution in [0.4, 0.5) is 0 Å². The van der Waals surface area contributed by atoms with Crippen LogP contribution in [0.2, 0.25) is 5.02 Å². The van der Waals surface area contributed by atoms with E-state index in [1.54, 1.807) is 54.7 Å². The van der Waals surface area contributed by atoms with Gasteiger partial charge in [0, 0.05) is 5.02 Å². The van der Waals surface area contributed by atoms with Crippen LogP contribution in [-0.2, 0) is 17.9 Å². The molecule has 1 unspecified atom stereocenters. The lowest BCUT2D eigenvalue weighted by atomic mass is 10.2. The van der Waals surface area contributed by atoms with E-state index < -0.39 is 6.10 Å². The SMILES string of the molecule is Cc1cc(Cl)ccc1OC(C)C(=O)N(Cc1ccco1)Cc1ccco1. The number of benzene rings is 1. The average molecular weight is 374 g/mol. The van der Waals surface area contributed by atoms with Gasteiger partial charge in [0.1, 0.15) is 17.3 Å². The summed E-state index contributed by atoms with van der Waals surface area (Å²) in [5.74, 6) is 1.86. The van der Waals surface area contributed by atoms with Crippen LogP contribution >= 0.6 is 11.6 Å². The van der Waals surface area contributed by atoms with E-state index in [0.717, 1.165) is 5.56 Å². The van der Waals surface area contributed by atoms with Crippen LogP contribution < -0.4 is 4.74 Å². The summed E-state index contributed by atoms with van der Waals surface area (Å²) in [5.41, 5.74) is 0.876. The maximum atomic E-state index is 13.0. The maximum Gasteiger partial charge on any atom is 0.264 e. The predicted octanol–water partition coefficient (Wildman–Crippen LogP) is 4.83. The van der Waals surface area contributed by atoms with Gasteiger partial charge in [0.05, 0.1) is 25.6 Å². The van der Waals surface area contributed by atoms with Crippen molar-refractivity contribution in [1.29, 1.82) is 0 Å². The van der Waals surface area contributed by atoms with Crippen LogP contribution in [0.5, 0.6) is 5.75 Å². The molecule has 1 aromatic carbocycles. The smallest absolute Gasteiger partial charge is 0.264 e. The molecule has 0 radical (unpaired) electrons. The molecule has 1 atom stereocenters. The Balaban J connectivity index is 1.74. The third-order valence-corrected chi connectivity index (χ3v) is 4.19. The van der Waals surface area contributed by atoms with Crippen molar-refractivity contribution in [1.82, 2.24) is 4.90 Å². The monoisotopic (exact) mass is 373 g/mol. The van der Waals surface area contributed by atoms with E-state index in [1.807, 2.05) is 19.1 Å². The third kappa shape index (κ3) is 4.49. The van der Waals surface area contributed by atoms with E-state index in [9.17, 15) is 4.79 Å². The molecule has 0 N–H and O–H groups in total. The number of carbonyl (C=O) groups is 1. The van der Waals surface area contributed by atoms with Crippen molar-refractivity contribution < 1.29 is 18.4 Å². The molecule has 0 fully saturated rings. The Morgan fingerprint density at radius 1 is 1.12 bits per heavy atom. The zero-order chi connectivity index (χ0) is 18.5. The van der Waals surface area contributed by atoms with Crippen molar-refractivity contribution in [3.63, 3.8) is 0 Å². The van der Waals surface area contributed by atoms with Gasteiger partial charge in [-0.25, -0.2) is 0 Å². The summed E-state index contributed by atoms with van der Waals surface area (Å²) in [6, 6.07) is 12.6. The summed E-state index contributed by atoms with van der Waals surface area (Å²) < 4.78 is 16.6. The lowest BCUT2D eigenvalue weighted by Gasteiger charge is -2.25. The van der Waals surface area contributed by atoms with Crippen LogP contribution in [0.15, 0.2) is 63.8 Å². The Labute approximate surface area is 157 Å². The molecule has 0 aliphatic carbocycles. The van der Waals surface area contributed by atoms with E-state index in [1.165, 1.54) is 0 Å². The minimum Gasteiger partial charge on any atom is -0.481 e. The van der Waals surface area contributed by atoms with Gasteiger partial charge in [-0.2, -0.15) is 0 Å². The van der Waals surface area contributed by atoms with Crippen LogP contribution in [-0.4, -0.2) is 16.9 Å². The summed E-state index contributed by atoms with van der Waals surface area (Å²) in [5, 5.41) is 0.631. The van der Waals surface area contributed by atoms with Crippen molar-refractivity contribution in [3.05, 3.63) is 77.1 Å². The molecule has 5 nitrogen and oxygen atoms in total. The van der Waals surface area contributed by atoms with Crippen LogP contribution in [0.25, 0.3) is 0 Å². The van der Waals surface area contributed by atoms with Gasteiger partial charge in [0.25, 0.3) is 5.91 Å². The van der Waals surface area contributed by atoms with E-state index in [0.29, 0.717) is 35.4 Å². The molecule has 2 heterocycles. The highest BCUT2D eigenvalue weighted by atomic mass is 35.5. The van der Waals surface area contributed by atoms with E-state index >= 15 is 0 Å². The second-order valence-electron chi connectivity index (χ2n) is 6.02. The molecule has 3 rings (SSSR count). The molecule has 136 valence electrons. The zero-order valence-electron chi connectivity index (χ0n) is 14.6. The lowest BCUT2D eigenvalue weighted by molar-refractivity contribution is -0.139. The number of furan rings is 2. The normalized spacial score (nSPS) is 12.0. The second-order valence-corrected chi connectivity index (χ2v) is 6.46. The minimum atomic E-state index is -0.667. The molecule has 0 aliphatic rings. The van der Waals surface area contributed by atoms with Crippen molar-refractivity contribution in [2.45, 2.75) is 33.0 Å². The molecular formula is C20H20ClNO4. The highest BCUT2D eigenvalue weighted by Crippen LogP contribution is 2.23. The van der Waals surface area contributed by atoms with E-state index in [2.05, 4.69) is 0 Å². The fourth-order valence-electron chi connectivity index (χ4n) is 2.64. The first-order chi connectivity index (χ1) is 12.5. The van der Waals surface area contributed by atoms with Gasteiger partial charge < -0.3 is 18.5 Å². The Bertz CT molecular complexity index is 807. The molecule has 1 amide bonds. The fourth-order valence-corrected chi connectivity index (χ4v) is 2.86. The molecule has 0 saturated carbocycles. The summed E-state index contributed by atoms with van der Waals surface area (Å²) in [7, 11) is 0. The first kappa shape index (κ1) is 18.1. The molecule has 0 spiro atoms. The summed E-state index contributed by atoms with van der Waals surface area (Å²) in [6.45, 7) is 4.29. The van der Waals surface area contributed by atoms with Crippen LogP contribution in [0.3, 0.4) is 0 Å². The number of amides is 1. The number of hydrogen-bond acceptors (Lipinski definition) is 4. The molecule has 0 bridgehead atoms. The highest BCUT2D eigenvalue weighted by molar-refractivity contribution is 6.30. The zero-order valence-corrected chi connectivity index (χ0v) is 15.4. The van der Waals surface area contributed by atoms with Crippen molar-refractivity contribution in [2.24, 2.45) is 0 Å². The topological polar surface area (TPSA) is 55.8 Å². The molecule has 3 aromatic rings. The number of hydrogen-bond donors (Lipinski definition) is 0. The number of aryl methyl sites for hydroxylation is 1. The largest absolute Gasteiger partial charge is 0.481 e. The van der Waals surface area contributed by atoms with Gasteiger partial charge in [-0.15, -0.1) is 0 Å². The van der Waals surface area contributed by atoms with Gasteiger partial charge in [0.2, 0.25) is 0 Å². The molecular weight excluding hydrogens is 354 g/mol. The van der Waals surface area contributed by atoms with E-state index in [4.69, 9.17) is 25.2 Å². The third-order valence-electron chi connectivity index (χ3n) is 3.95. The standard InChI is InChI=1S/C20H20ClNO4/c1-14-11-16(21)7-8-19(14)26-15(2)20(23)22(12-17-5-3-9-24-17)13-18-6-4-10-25-18/h3-11,15H,12-13H2,1-2H3. The molecule has 0 saturated heterocycles. The number of rotatable bonds is 7. The lowest BCUT2D eigenvalue weighted by Crippen LogP contribution is -2.39. The van der Waals surface area contributed by atoms with Gasteiger partial charge in [-0.1, -0.05) is 11.6 Å². The Morgan fingerprint density at radius 3 is 2.23 bits per heavy atom.